The van der Waals surface area contributed by atoms with Crippen LogP contribution in [0, 0.1) is 0 Å². The first-order valence-electron chi connectivity index (χ1n) is 3.88. The SMILES string of the molecule is CCOC(C)=NOCC(O)CN.Cl. The lowest BCUT2D eigenvalue weighted by molar-refractivity contribution is 0.0409. The highest BCUT2D eigenvalue weighted by molar-refractivity contribution is 5.85. The molecular formula is C7H17ClN2O3. The highest BCUT2D eigenvalue weighted by atomic mass is 35.5. The molecule has 0 spiro atoms. The van der Waals surface area contributed by atoms with Gasteiger partial charge in [0.25, 0.3) is 0 Å². The van der Waals surface area contributed by atoms with E-state index in [1.54, 1.807) is 6.92 Å². The maximum Gasteiger partial charge on any atom is 0.222 e. The molecule has 0 aliphatic carbocycles. The van der Waals surface area contributed by atoms with Crippen LogP contribution >= 0.6 is 12.4 Å². The van der Waals surface area contributed by atoms with E-state index in [1.807, 2.05) is 6.92 Å². The van der Waals surface area contributed by atoms with E-state index in [0.29, 0.717) is 12.5 Å². The molecule has 1 unspecified atom stereocenters. The summed E-state index contributed by atoms with van der Waals surface area (Å²) in [6.07, 6.45) is -0.664. The van der Waals surface area contributed by atoms with Gasteiger partial charge in [-0.05, 0) is 6.92 Å². The Morgan fingerprint density at radius 2 is 2.23 bits per heavy atom. The van der Waals surface area contributed by atoms with E-state index >= 15 is 0 Å². The molecule has 0 bridgehead atoms. The second-order valence-corrected chi connectivity index (χ2v) is 2.23. The van der Waals surface area contributed by atoms with Gasteiger partial charge in [0.2, 0.25) is 5.90 Å². The largest absolute Gasteiger partial charge is 0.479 e. The summed E-state index contributed by atoms with van der Waals surface area (Å²) >= 11 is 0. The van der Waals surface area contributed by atoms with Crippen LogP contribution in [0.1, 0.15) is 13.8 Å². The molecule has 0 aromatic heterocycles. The van der Waals surface area contributed by atoms with Crippen LogP contribution in [-0.2, 0) is 9.57 Å². The smallest absolute Gasteiger partial charge is 0.222 e. The van der Waals surface area contributed by atoms with Crippen LogP contribution < -0.4 is 5.73 Å². The lowest BCUT2D eigenvalue weighted by Gasteiger charge is -2.06. The molecule has 0 amide bonds. The van der Waals surface area contributed by atoms with Gasteiger partial charge in [0.05, 0.1) is 6.61 Å². The Kier molecular flexibility index (Phi) is 11.0. The molecule has 0 aliphatic heterocycles. The van der Waals surface area contributed by atoms with Gasteiger partial charge in [-0.25, -0.2) is 0 Å². The second kappa shape index (κ2) is 9.57. The van der Waals surface area contributed by atoms with Crippen molar-refractivity contribution in [2.24, 2.45) is 10.9 Å². The molecule has 13 heavy (non-hydrogen) atoms. The first-order chi connectivity index (χ1) is 5.70. The summed E-state index contributed by atoms with van der Waals surface area (Å²) in [4.78, 5) is 4.73. The molecule has 3 N–H and O–H groups in total. The Morgan fingerprint density at radius 1 is 1.62 bits per heavy atom. The van der Waals surface area contributed by atoms with E-state index in [2.05, 4.69) is 5.16 Å². The van der Waals surface area contributed by atoms with Gasteiger partial charge < -0.3 is 20.4 Å². The maximum atomic E-state index is 8.94. The monoisotopic (exact) mass is 212 g/mol. The van der Waals surface area contributed by atoms with Crippen LogP contribution in [-0.4, -0.2) is 36.9 Å². The van der Waals surface area contributed by atoms with Crippen molar-refractivity contribution >= 4 is 18.3 Å². The first kappa shape index (κ1) is 15.0. The molecule has 0 aliphatic rings. The summed E-state index contributed by atoms with van der Waals surface area (Å²) in [5, 5.41) is 12.5. The number of hydrogen-bond donors (Lipinski definition) is 2. The molecule has 5 nitrogen and oxygen atoms in total. The Morgan fingerprint density at radius 3 is 2.69 bits per heavy atom. The normalized spacial score (nSPS) is 13.1. The fraction of sp³-hybridized carbons (Fsp3) is 0.857. The third-order valence-corrected chi connectivity index (χ3v) is 1.09. The van der Waals surface area contributed by atoms with Gasteiger partial charge >= 0.3 is 0 Å². The molecule has 0 aromatic rings. The standard InChI is InChI=1S/C7H16N2O3.ClH/c1-3-11-6(2)9-12-5-7(10)4-8;/h7,10H,3-5,8H2,1-2H3;1H. The van der Waals surface area contributed by atoms with Crippen molar-refractivity contribution in [2.75, 3.05) is 19.8 Å². The van der Waals surface area contributed by atoms with Gasteiger partial charge in [-0.15, -0.1) is 12.4 Å². The van der Waals surface area contributed by atoms with Gasteiger partial charge in [-0.1, -0.05) is 5.16 Å². The van der Waals surface area contributed by atoms with Crippen LogP contribution in [0.3, 0.4) is 0 Å². The van der Waals surface area contributed by atoms with E-state index in [9.17, 15) is 0 Å². The number of oxime groups is 1. The molecule has 0 aromatic carbocycles. The summed E-state index contributed by atoms with van der Waals surface area (Å²) in [5.74, 6) is 0.446. The second-order valence-electron chi connectivity index (χ2n) is 2.23. The Hall–Kier alpha value is -0.520. The number of nitrogens with zero attached hydrogens (tertiary/aromatic N) is 1. The molecular weight excluding hydrogens is 196 g/mol. The summed E-state index contributed by atoms with van der Waals surface area (Å²) in [5.41, 5.74) is 5.14. The van der Waals surface area contributed by atoms with Gasteiger partial charge in [0, 0.05) is 13.5 Å². The van der Waals surface area contributed by atoms with E-state index in [0.717, 1.165) is 0 Å². The minimum Gasteiger partial charge on any atom is -0.479 e. The number of ether oxygens (including phenoxy) is 1. The van der Waals surface area contributed by atoms with Gasteiger partial charge in [0.1, 0.15) is 12.7 Å². The molecule has 80 valence electrons. The van der Waals surface area contributed by atoms with Crippen LogP contribution in [0.25, 0.3) is 0 Å². The van der Waals surface area contributed by atoms with Crippen molar-refractivity contribution in [2.45, 2.75) is 20.0 Å². The molecule has 1 atom stereocenters. The number of nitrogens with two attached hydrogens (primary N) is 1. The lowest BCUT2D eigenvalue weighted by Crippen LogP contribution is -2.24. The van der Waals surface area contributed by atoms with Crippen LogP contribution in [0.4, 0.5) is 0 Å². The van der Waals surface area contributed by atoms with Crippen LogP contribution in [0.2, 0.25) is 0 Å². The summed E-state index contributed by atoms with van der Waals surface area (Å²) in [6, 6.07) is 0. The number of hydrogen-bond acceptors (Lipinski definition) is 5. The number of halogens is 1. The van der Waals surface area contributed by atoms with Crippen molar-refractivity contribution < 1.29 is 14.7 Å². The third-order valence-electron chi connectivity index (χ3n) is 1.09. The van der Waals surface area contributed by atoms with E-state index < -0.39 is 6.10 Å². The fourth-order valence-corrected chi connectivity index (χ4v) is 0.517. The van der Waals surface area contributed by atoms with Gasteiger partial charge in [-0.3, -0.25) is 0 Å². The zero-order chi connectivity index (χ0) is 9.40. The third kappa shape index (κ3) is 9.39. The molecule has 0 rings (SSSR count). The predicted molar refractivity (Wildman–Crippen MR) is 53.0 cm³/mol. The lowest BCUT2D eigenvalue weighted by atomic mass is 10.4. The van der Waals surface area contributed by atoms with Crippen molar-refractivity contribution in [1.82, 2.24) is 0 Å². The van der Waals surface area contributed by atoms with Gasteiger partial charge in [0.15, 0.2) is 0 Å². The molecule has 0 saturated carbocycles. The topological polar surface area (TPSA) is 77.1 Å². The highest BCUT2D eigenvalue weighted by Gasteiger charge is 1.99. The molecule has 0 saturated heterocycles. The summed E-state index contributed by atoms with van der Waals surface area (Å²) in [7, 11) is 0. The first-order valence-corrected chi connectivity index (χ1v) is 3.88. The summed E-state index contributed by atoms with van der Waals surface area (Å²) in [6.45, 7) is 4.36. The van der Waals surface area contributed by atoms with Crippen molar-refractivity contribution in [3.05, 3.63) is 0 Å². The number of aliphatic hydroxyl groups is 1. The summed E-state index contributed by atoms with van der Waals surface area (Å²) < 4.78 is 4.97. The van der Waals surface area contributed by atoms with E-state index in [-0.39, 0.29) is 25.6 Å². The minimum atomic E-state index is -0.664. The highest BCUT2D eigenvalue weighted by Crippen LogP contribution is 1.86. The molecule has 6 heteroatoms. The zero-order valence-corrected chi connectivity index (χ0v) is 8.71. The van der Waals surface area contributed by atoms with Crippen molar-refractivity contribution in [3.8, 4) is 0 Å². The zero-order valence-electron chi connectivity index (χ0n) is 7.90. The Bertz CT molecular complexity index is 144. The Labute approximate surface area is 84.3 Å². The Balaban J connectivity index is 0. The van der Waals surface area contributed by atoms with Gasteiger partial charge in [-0.2, -0.15) is 0 Å². The maximum absolute atomic E-state index is 8.94. The number of aliphatic hydroxyl groups excluding tert-OH is 1. The molecule has 0 radical (unpaired) electrons. The van der Waals surface area contributed by atoms with Crippen molar-refractivity contribution in [1.29, 1.82) is 0 Å². The quantitative estimate of drug-likeness (QED) is 0.386. The van der Waals surface area contributed by atoms with E-state index in [1.165, 1.54) is 0 Å². The predicted octanol–water partition coefficient (Wildman–Crippen LogP) is 0.114. The minimum absolute atomic E-state index is 0. The molecule has 0 heterocycles. The average Bonchev–Trinajstić information content (AvgIpc) is 2.04. The fourth-order valence-electron chi connectivity index (χ4n) is 0.517. The van der Waals surface area contributed by atoms with Crippen LogP contribution in [0.15, 0.2) is 5.16 Å². The van der Waals surface area contributed by atoms with E-state index in [4.69, 9.17) is 20.4 Å². The molecule has 0 fully saturated rings. The number of rotatable bonds is 5. The van der Waals surface area contributed by atoms with Crippen molar-refractivity contribution in [3.63, 3.8) is 0 Å². The average molecular weight is 213 g/mol. The van der Waals surface area contributed by atoms with Crippen LogP contribution in [0.5, 0.6) is 0 Å².